The number of amides is 1. The molecule has 2 aromatic rings. The van der Waals surface area contributed by atoms with Crippen LogP contribution in [0.3, 0.4) is 0 Å². The van der Waals surface area contributed by atoms with Crippen molar-refractivity contribution >= 4 is 62.9 Å². The number of nitrogens with one attached hydrogen (secondary N) is 2. The van der Waals surface area contributed by atoms with Gasteiger partial charge in [0.05, 0.1) is 5.02 Å². The van der Waals surface area contributed by atoms with Crippen molar-refractivity contribution in [2.75, 3.05) is 20.1 Å². The normalized spacial score (nSPS) is 10.3. The Labute approximate surface area is 131 Å². The van der Waals surface area contributed by atoms with Crippen LogP contribution in [0.4, 0.5) is 0 Å². The summed E-state index contributed by atoms with van der Waals surface area (Å²) in [7, 11) is 1.83. The Morgan fingerprint density at radius 1 is 1.32 bits per heavy atom. The molecule has 0 aliphatic carbocycles. The lowest BCUT2D eigenvalue weighted by Gasteiger charge is -2.02. The van der Waals surface area contributed by atoms with E-state index < -0.39 is 0 Å². The van der Waals surface area contributed by atoms with Crippen molar-refractivity contribution in [3.05, 3.63) is 33.1 Å². The first-order valence-corrected chi connectivity index (χ1v) is 7.01. The lowest BCUT2D eigenvalue weighted by molar-refractivity contribution is 0.0958. The molecule has 0 radical (unpaired) electrons. The van der Waals surface area contributed by atoms with Gasteiger partial charge in [-0.25, -0.2) is 0 Å². The number of halogens is 3. The van der Waals surface area contributed by atoms with Crippen molar-refractivity contribution in [3.8, 4) is 0 Å². The Morgan fingerprint density at radius 2 is 2.05 bits per heavy atom. The second-order valence-corrected chi connectivity index (χ2v) is 5.61. The highest BCUT2D eigenvalue weighted by molar-refractivity contribution is 7.21. The van der Waals surface area contributed by atoms with Crippen LogP contribution in [0.25, 0.3) is 10.1 Å². The van der Waals surface area contributed by atoms with Crippen LogP contribution in [0.1, 0.15) is 9.67 Å². The van der Waals surface area contributed by atoms with Gasteiger partial charge in [-0.15, -0.1) is 23.7 Å². The van der Waals surface area contributed by atoms with Gasteiger partial charge in [-0.3, -0.25) is 4.79 Å². The van der Waals surface area contributed by atoms with Crippen molar-refractivity contribution in [2.24, 2.45) is 0 Å². The van der Waals surface area contributed by atoms with Gasteiger partial charge in [0.2, 0.25) is 0 Å². The monoisotopic (exact) mass is 338 g/mol. The fourth-order valence-corrected chi connectivity index (χ4v) is 3.28. The number of fused-ring (bicyclic) bond motifs is 1. The smallest absolute Gasteiger partial charge is 0.262 e. The molecule has 104 valence electrons. The van der Waals surface area contributed by atoms with Gasteiger partial charge in [-0.1, -0.05) is 29.3 Å². The number of carbonyl (C=O) groups excluding carboxylic acids is 1. The summed E-state index contributed by atoms with van der Waals surface area (Å²) >= 11 is 13.5. The third-order valence-electron chi connectivity index (χ3n) is 2.46. The first kappa shape index (κ1) is 16.5. The largest absolute Gasteiger partial charge is 0.350 e. The Bertz CT molecular complexity index is 586. The van der Waals surface area contributed by atoms with Gasteiger partial charge in [-0.2, -0.15) is 0 Å². The van der Waals surface area contributed by atoms with Gasteiger partial charge in [-0.05, 0) is 19.2 Å². The average molecular weight is 340 g/mol. The summed E-state index contributed by atoms with van der Waals surface area (Å²) in [6.07, 6.45) is 0. The van der Waals surface area contributed by atoms with Crippen molar-refractivity contribution in [2.45, 2.75) is 0 Å². The van der Waals surface area contributed by atoms with E-state index in [1.165, 1.54) is 11.3 Å². The highest BCUT2D eigenvalue weighted by atomic mass is 35.5. The van der Waals surface area contributed by atoms with E-state index >= 15 is 0 Å². The van der Waals surface area contributed by atoms with E-state index in [4.69, 9.17) is 23.2 Å². The molecule has 1 heterocycles. The molecule has 1 amide bonds. The van der Waals surface area contributed by atoms with E-state index in [2.05, 4.69) is 10.6 Å². The summed E-state index contributed by atoms with van der Waals surface area (Å²) in [6, 6.07) is 5.42. The highest BCUT2D eigenvalue weighted by Gasteiger charge is 2.16. The topological polar surface area (TPSA) is 41.1 Å². The summed E-state index contributed by atoms with van der Waals surface area (Å²) in [4.78, 5) is 12.5. The lowest BCUT2D eigenvalue weighted by atomic mass is 10.2. The van der Waals surface area contributed by atoms with Crippen LogP contribution in [-0.4, -0.2) is 26.0 Å². The van der Waals surface area contributed by atoms with Gasteiger partial charge in [0.1, 0.15) is 4.88 Å². The SMILES string of the molecule is CNCCNC(=O)c1sc2cc(Cl)ccc2c1Cl.Cl. The van der Waals surface area contributed by atoms with Crippen LogP contribution in [0, 0.1) is 0 Å². The Balaban J connectivity index is 0.00000180. The zero-order chi connectivity index (χ0) is 13.1. The molecule has 2 N–H and O–H groups in total. The van der Waals surface area contributed by atoms with Crippen LogP contribution < -0.4 is 10.6 Å². The van der Waals surface area contributed by atoms with E-state index in [9.17, 15) is 4.79 Å². The minimum Gasteiger partial charge on any atom is -0.350 e. The quantitative estimate of drug-likeness (QED) is 0.836. The highest BCUT2D eigenvalue weighted by Crippen LogP contribution is 2.36. The van der Waals surface area contributed by atoms with Gasteiger partial charge in [0.15, 0.2) is 0 Å². The lowest BCUT2D eigenvalue weighted by Crippen LogP contribution is -2.29. The molecule has 0 saturated heterocycles. The van der Waals surface area contributed by atoms with E-state index in [-0.39, 0.29) is 18.3 Å². The number of benzene rings is 1. The third-order valence-corrected chi connectivity index (χ3v) is 4.35. The van der Waals surface area contributed by atoms with Crippen molar-refractivity contribution in [1.29, 1.82) is 0 Å². The molecule has 19 heavy (non-hydrogen) atoms. The number of carbonyl (C=O) groups is 1. The fourth-order valence-electron chi connectivity index (χ4n) is 1.57. The summed E-state index contributed by atoms with van der Waals surface area (Å²) in [5.74, 6) is -0.146. The molecule has 0 aliphatic rings. The molecule has 0 bridgehead atoms. The molecule has 0 saturated carbocycles. The second-order valence-electron chi connectivity index (χ2n) is 3.75. The van der Waals surface area contributed by atoms with Crippen molar-refractivity contribution in [1.82, 2.24) is 10.6 Å². The van der Waals surface area contributed by atoms with E-state index in [0.29, 0.717) is 21.5 Å². The first-order chi connectivity index (χ1) is 8.63. The second kappa shape index (κ2) is 7.31. The number of hydrogen-bond acceptors (Lipinski definition) is 3. The van der Waals surface area contributed by atoms with Gasteiger partial charge in [0.25, 0.3) is 5.91 Å². The molecule has 7 heteroatoms. The minimum absolute atomic E-state index is 0. The van der Waals surface area contributed by atoms with Crippen LogP contribution in [-0.2, 0) is 0 Å². The van der Waals surface area contributed by atoms with Crippen LogP contribution in [0.5, 0.6) is 0 Å². The van der Waals surface area contributed by atoms with Gasteiger partial charge >= 0.3 is 0 Å². The molecule has 1 aromatic heterocycles. The van der Waals surface area contributed by atoms with Crippen molar-refractivity contribution in [3.63, 3.8) is 0 Å². The van der Waals surface area contributed by atoms with Crippen LogP contribution in [0.15, 0.2) is 18.2 Å². The molecule has 0 unspecified atom stereocenters. The van der Waals surface area contributed by atoms with Crippen molar-refractivity contribution < 1.29 is 4.79 Å². The molecule has 2 rings (SSSR count). The van der Waals surface area contributed by atoms with Gasteiger partial charge in [0, 0.05) is 28.2 Å². The molecule has 0 atom stereocenters. The Kier molecular flexibility index (Phi) is 6.36. The Morgan fingerprint density at radius 3 is 2.74 bits per heavy atom. The molecular formula is C12H13Cl3N2OS. The predicted octanol–water partition coefficient (Wildman–Crippen LogP) is 3.58. The van der Waals surface area contributed by atoms with Crippen LogP contribution in [0.2, 0.25) is 10.0 Å². The number of hydrogen-bond donors (Lipinski definition) is 2. The number of likely N-dealkylation sites (N-methyl/N-ethyl adjacent to an activating group) is 1. The van der Waals surface area contributed by atoms with E-state index in [0.717, 1.165) is 16.6 Å². The molecule has 0 aliphatic heterocycles. The standard InChI is InChI=1S/C12H12Cl2N2OS.ClH/c1-15-4-5-16-12(17)11-10(14)8-3-2-7(13)6-9(8)18-11;/h2-3,6,15H,4-5H2,1H3,(H,16,17);1H. The summed E-state index contributed by atoms with van der Waals surface area (Å²) < 4.78 is 0.922. The number of thiophene rings is 1. The van der Waals surface area contributed by atoms with E-state index in [1.54, 1.807) is 6.07 Å². The fraction of sp³-hybridized carbons (Fsp3) is 0.250. The zero-order valence-electron chi connectivity index (χ0n) is 10.1. The summed E-state index contributed by atoms with van der Waals surface area (Å²) in [5, 5.41) is 7.77. The first-order valence-electron chi connectivity index (χ1n) is 5.44. The number of rotatable bonds is 4. The predicted molar refractivity (Wildman–Crippen MR) is 85.4 cm³/mol. The van der Waals surface area contributed by atoms with E-state index in [1.807, 2.05) is 19.2 Å². The van der Waals surface area contributed by atoms with Gasteiger partial charge < -0.3 is 10.6 Å². The molecule has 1 aromatic carbocycles. The Hall–Kier alpha value is -0.520. The molecular weight excluding hydrogens is 327 g/mol. The molecule has 3 nitrogen and oxygen atoms in total. The van der Waals surface area contributed by atoms with Crippen LogP contribution >= 0.6 is 46.9 Å². The zero-order valence-corrected chi connectivity index (χ0v) is 13.3. The third kappa shape index (κ3) is 3.74. The summed E-state index contributed by atoms with van der Waals surface area (Å²) in [6.45, 7) is 1.29. The maximum atomic E-state index is 11.9. The maximum absolute atomic E-state index is 11.9. The minimum atomic E-state index is -0.146. The average Bonchev–Trinajstić information content (AvgIpc) is 2.66. The molecule has 0 spiro atoms. The summed E-state index contributed by atoms with van der Waals surface area (Å²) in [5.41, 5.74) is 0. The molecule has 0 fully saturated rings. The maximum Gasteiger partial charge on any atom is 0.262 e.